The van der Waals surface area contributed by atoms with E-state index < -0.39 is 0 Å². The fraction of sp³-hybridized carbons (Fsp3) is 0.333. The molecular weight excluding hydrogens is 306 g/mol. The summed E-state index contributed by atoms with van der Waals surface area (Å²) in [4.78, 5) is 19.1. The number of hydrogen-bond acceptors (Lipinski definition) is 3. The van der Waals surface area contributed by atoms with Crippen LogP contribution in [0, 0.1) is 0 Å². The van der Waals surface area contributed by atoms with Gasteiger partial charge in [-0.05, 0) is 31.4 Å². The molecule has 1 aromatic carbocycles. The maximum absolute atomic E-state index is 12.6. The lowest BCUT2D eigenvalue weighted by Crippen LogP contribution is -2.35. The summed E-state index contributed by atoms with van der Waals surface area (Å²) in [5.41, 5.74) is 2.83. The third kappa shape index (κ3) is 2.55. The second-order valence-electron chi connectivity index (χ2n) is 6.04. The van der Waals surface area contributed by atoms with Gasteiger partial charge in [-0.15, -0.1) is 11.3 Å². The van der Waals surface area contributed by atoms with Crippen molar-refractivity contribution in [2.24, 2.45) is 7.05 Å². The van der Waals surface area contributed by atoms with Crippen LogP contribution >= 0.6 is 11.3 Å². The van der Waals surface area contributed by atoms with E-state index in [1.807, 2.05) is 29.5 Å². The highest BCUT2D eigenvalue weighted by atomic mass is 32.1. The van der Waals surface area contributed by atoms with E-state index in [1.165, 1.54) is 17.3 Å². The Kier molecular flexibility index (Phi) is 3.65. The minimum absolute atomic E-state index is 0.0750. The molecule has 0 bridgehead atoms. The molecule has 1 aliphatic heterocycles. The summed E-state index contributed by atoms with van der Waals surface area (Å²) < 4.78 is 2.14. The first-order valence-electron chi connectivity index (χ1n) is 8.04. The van der Waals surface area contributed by atoms with Crippen molar-refractivity contribution in [3.8, 4) is 10.7 Å². The zero-order valence-electron chi connectivity index (χ0n) is 13.2. The normalized spacial score (nSPS) is 15.3. The number of rotatable bonds is 2. The lowest BCUT2D eigenvalue weighted by Gasteiger charge is -2.25. The lowest BCUT2D eigenvalue weighted by atomic mass is 10.1. The lowest BCUT2D eigenvalue weighted by molar-refractivity contribution is 0.0719. The van der Waals surface area contributed by atoms with Crippen molar-refractivity contribution in [2.75, 3.05) is 13.1 Å². The van der Waals surface area contributed by atoms with E-state index in [4.69, 9.17) is 0 Å². The van der Waals surface area contributed by atoms with E-state index in [0.29, 0.717) is 5.69 Å². The van der Waals surface area contributed by atoms with Crippen LogP contribution in [-0.4, -0.2) is 33.4 Å². The molecule has 0 saturated carbocycles. The van der Waals surface area contributed by atoms with Crippen LogP contribution < -0.4 is 0 Å². The number of para-hydroxylation sites is 1. The number of thiazole rings is 1. The molecular formula is C18H19N3OS. The minimum atomic E-state index is 0.0750. The SMILES string of the molecule is Cn1c(-c2nc(C(=O)N3CCCCC3)cs2)cc2ccccc21. The summed E-state index contributed by atoms with van der Waals surface area (Å²) >= 11 is 1.54. The molecule has 0 atom stereocenters. The van der Waals surface area contributed by atoms with Crippen molar-refractivity contribution in [1.29, 1.82) is 0 Å². The second kappa shape index (κ2) is 5.81. The smallest absolute Gasteiger partial charge is 0.273 e. The molecule has 3 heterocycles. The van der Waals surface area contributed by atoms with E-state index in [9.17, 15) is 4.79 Å². The van der Waals surface area contributed by atoms with Crippen LogP contribution in [0.5, 0.6) is 0 Å². The number of piperidine rings is 1. The molecule has 2 aromatic heterocycles. The summed E-state index contributed by atoms with van der Waals surface area (Å²) in [5.74, 6) is 0.0750. The van der Waals surface area contributed by atoms with Gasteiger partial charge in [-0.2, -0.15) is 0 Å². The molecule has 0 aliphatic carbocycles. The average molecular weight is 325 g/mol. The van der Waals surface area contributed by atoms with Gasteiger partial charge in [0, 0.05) is 36.4 Å². The van der Waals surface area contributed by atoms with Gasteiger partial charge >= 0.3 is 0 Å². The Morgan fingerprint density at radius 1 is 1.17 bits per heavy atom. The number of likely N-dealkylation sites (tertiary alicyclic amines) is 1. The van der Waals surface area contributed by atoms with Crippen LogP contribution in [0.4, 0.5) is 0 Å². The van der Waals surface area contributed by atoms with E-state index in [0.717, 1.165) is 36.6 Å². The standard InChI is InChI=1S/C18H19N3OS/c1-20-15-8-4-3-7-13(15)11-16(20)17-19-14(12-23-17)18(22)21-9-5-2-6-10-21/h3-4,7-8,11-12H,2,5-6,9-10H2,1H3. The van der Waals surface area contributed by atoms with Gasteiger partial charge in [-0.1, -0.05) is 18.2 Å². The van der Waals surface area contributed by atoms with Crippen molar-refractivity contribution in [1.82, 2.24) is 14.5 Å². The number of amides is 1. The van der Waals surface area contributed by atoms with Gasteiger partial charge in [0.1, 0.15) is 10.7 Å². The Morgan fingerprint density at radius 2 is 1.96 bits per heavy atom. The number of benzene rings is 1. The predicted octanol–water partition coefficient (Wildman–Crippen LogP) is 3.93. The van der Waals surface area contributed by atoms with Gasteiger partial charge in [0.25, 0.3) is 5.91 Å². The molecule has 5 heteroatoms. The molecule has 118 valence electrons. The highest BCUT2D eigenvalue weighted by Crippen LogP contribution is 2.29. The third-order valence-corrected chi connectivity index (χ3v) is 5.40. The molecule has 1 fully saturated rings. The van der Waals surface area contributed by atoms with Gasteiger partial charge < -0.3 is 9.47 Å². The highest BCUT2D eigenvalue weighted by Gasteiger charge is 2.21. The first-order chi connectivity index (χ1) is 11.2. The summed E-state index contributed by atoms with van der Waals surface area (Å²) in [6.07, 6.45) is 3.43. The van der Waals surface area contributed by atoms with E-state index >= 15 is 0 Å². The number of nitrogens with zero attached hydrogens (tertiary/aromatic N) is 3. The first-order valence-corrected chi connectivity index (χ1v) is 8.91. The van der Waals surface area contributed by atoms with Crippen molar-refractivity contribution in [2.45, 2.75) is 19.3 Å². The molecule has 1 saturated heterocycles. The number of fused-ring (bicyclic) bond motifs is 1. The molecule has 4 nitrogen and oxygen atoms in total. The zero-order chi connectivity index (χ0) is 15.8. The molecule has 4 rings (SSSR count). The molecule has 1 aliphatic rings. The van der Waals surface area contributed by atoms with Gasteiger partial charge in [-0.3, -0.25) is 4.79 Å². The maximum atomic E-state index is 12.6. The molecule has 0 unspecified atom stereocenters. The number of aromatic nitrogens is 2. The maximum Gasteiger partial charge on any atom is 0.273 e. The average Bonchev–Trinajstić information content (AvgIpc) is 3.20. The van der Waals surface area contributed by atoms with Crippen LogP contribution in [-0.2, 0) is 7.05 Å². The molecule has 3 aromatic rings. The Hall–Kier alpha value is -2.14. The second-order valence-corrected chi connectivity index (χ2v) is 6.90. The predicted molar refractivity (Wildman–Crippen MR) is 93.8 cm³/mol. The molecule has 0 radical (unpaired) electrons. The highest BCUT2D eigenvalue weighted by molar-refractivity contribution is 7.13. The zero-order valence-corrected chi connectivity index (χ0v) is 14.0. The van der Waals surface area contributed by atoms with Gasteiger partial charge in [0.05, 0.1) is 5.69 Å². The monoisotopic (exact) mass is 325 g/mol. The first kappa shape index (κ1) is 14.5. The number of carbonyl (C=O) groups excluding carboxylic acids is 1. The summed E-state index contributed by atoms with van der Waals surface area (Å²) in [5, 5.41) is 4.00. The Bertz CT molecular complexity index is 858. The number of aryl methyl sites for hydroxylation is 1. The van der Waals surface area contributed by atoms with E-state index in [1.54, 1.807) is 11.3 Å². The van der Waals surface area contributed by atoms with Crippen LogP contribution in [0.1, 0.15) is 29.8 Å². The molecule has 0 spiro atoms. The Morgan fingerprint density at radius 3 is 2.74 bits per heavy atom. The van der Waals surface area contributed by atoms with Gasteiger partial charge in [0.15, 0.2) is 0 Å². The summed E-state index contributed by atoms with van der Waals surface area (Å²) in [6.45, 7) is 1.72. The Labute approximate surface area is 139 Å². The van der Waals surface area contributed by atoms with E-state index in [-0.39, 0.29) is 5.91 Å². The number of carbonyl (C=O) groups is 1. The summed E-state index contributed by atoms with van der Waals surface area (Å²) in [6, 6.07) is 10.4. The molecule has 1 amide bonds. The quantitative estimate of drug-likeness (QED) is 0.716. The van der Waals surface area contributed by atoms with Crippen molar-refractivity contribution in [3.05, 3.63) is 41.4 Å². The number of hydrogen-bond donors (Lipinski definition) is 0. The molecule has 23 heavy (non-hydrogen) atoms. The van der Waals surface area contributed by atoms with Crippen molar-refractivity contribution >= 4 is 28.1 Å². The third-order valence-electron chi connectivity index (χ3n) is 4.54. The largest absolute Gasteiger partial charge is 0.342 e. The van der Waals surface area contributed by atoms with Gasteiger partial charge in [0.2, 0.25) is 0 Å². The summed E-state index contributed by atoms with van der Waals surface area (Å²) in [7, 11) is 2.05. The minimum Gasteiger partial charge on any atom is -0.342 e. The van der Waals surface area contributed by atoms with Crippen LogP contribution in [0.15, 0.2) is 35.7 Å². The Balaban J connectivity index is 1.66. The topological polar surface area (TPSA) is 38.1 Å². The van der Waals surface area contributed by atoms with Crippen molar-refractivity contribution < 1.29 is 4.79 Å². The van der Waals surface area contributed by atoms with Crippen LogP contribution in [0.25, 0.3) is 21.6 Å². The van der Waals surface area contributed by atoms with Gasteiger partial charge in [-0.25, -0.2) is 4.98 Å². The van der Waals surface area contributed by atoms with E-state index in [2.05, 4.69) is 27.8 Å². The van der Waals surface area contributed by atoms with Crippen LogP contribution in [0.3, 0.4) is 0 Å². The van der Waals surface area contributed by atoms with Crippen LogP contribution in [0.2, 0.25) is 0 Å². The fourth-order valence-electron chi connectivity index (χ4n) is 3.24. The van der Waals surface area contributed by atoms with Crippen molar-refractivity contribution in [3.63, 3.8) is 0 Å². The fourth-order valence-corrected chi connectivity index (χ4v) is 4.09. The molecule has 0 N–H and O–H groups in total.